The highest BCUT2D eigenvalue weighted by molar-refractivity contribution is 8.00. The second-order valence-corrected chi connectivity index (χ2v) is 6.44. The average Bonchev–Trinajstić information content (AvgIpc) is 2.25. The molecule has 0 radical (unpaired) electrons. The molecule has 1 aliphatic rings. The number of nitrogens with two attached hydrogens (primary N) is 1. The normalized spacial score (nSPS) is 24.9. The van der Waals surface area contributed by atoms with Gasteiger partial charge in [-0.15, -0.1) is 11.8 Å². The zero-order chi connectivity index (χ0) is 12.4. The van der Waals surface area contributed by atoms with Crippen LogP contribution in [-0.2, 0) is 0 Å². The van der Waals surface area contributed by atoms with Crippen molar-refractivity contribution in [3.05, 3.63) is 11.0 Å². The summed E-state index contributed by atoms with van der Waals surface area (Å²) in [4.78, 5) is 8.30. The van der Waals surface area contributed by atoms with E-state index >= 15 is 0 Å². The van der Waals surface area contributed by atoms with Gasteiger partial charge < -0.3 is 5.73 Å². The van der Waals surface area contributed by atoms with E-state index < -0.39 is 0 Å². The van der Waals surface area contributed by atoms with Gasteiger partial charge in [-0.1, -0.05) is 19.8 Å². The SMILES string of the molecule is Cc1nc(Cl)nc(SC2CCCC(C)C2)c1N. The number of nitrogens with zero attached hydrogens (tertiary/aromatic N) is 2. The topological polar surface area (TPSA) is 51.8 Å². The van der Waals surface area contributed by atoms with E-state index in [0.29, 0.717) is 16.2 Å². The van der Waals surface area contributed by atoms with Crippen LogP contribution in [0.1, 0.15) is 38.3 Å². The number of hydrogen-bond donors (Lipinski definition) is 1. The molecule has 1 aliphatic carbocycles. The number of thioether (sulfide) groups is 1. The minimum Gasteiger partial charge on any atom is -0.395 e. The van der Waals surface area contributed by atoms with Crippen molar-refractivity contribution < 1.29 is 0 Å². The van der Waals surface area contributed by atoms with Crippen molar-refractivity contribution in [1.29, 1.82) is 0 Å². The van der Waals surface area contributed by atoms with Gasteiger partial charge in [-0.25, -0.2) is 9.97 Å². The third-order valence-electron chi connectivity index (χ3n) is 3.24. The van der Waals surface area contributed by atoms with Gasteiger partial charge in [0, 0.05) is 5.25 Å². The van der Waals surface area contributed by atoms with Crippen molar-refractivity contribution in [3.8, 4) is 0 Å². The van der Waals surface area contributed by atoms with Crippen LogP contribution >= 0.6 is 23.4 Å². The van der Waals surface area contributed by atoms with Gasteiger partial charge in [0.05, 0.1) is 11.4 Å². The van der Waals surface area contributed by atoms with Crippen LogP contribution in [0, 0.1) is 12.8 Å². The first-order chi connectivity index (χ1) is 8.06. The molecule has 3 nitrogen and oxygen atoms in total. The average molecular weight is 272 g/mol. The first kappa shape index (κ1) is 13.0. The second kappa shape index (κ2) is 5.44. The van der Waals surface area contributed by atoms with E-state index in [1.807, 2.05) is 6.92 Å². The van der Waals surface area contributed by atoms with Gasteiger partial charge in [0.2, 0.25) is 5.28 Å². The molecular formula is C12H18ClN3S. The summed E-state index contributed by atoms with van der Waals surface area (Å²) in [5.41, 5.74) is 7.45. The van der Waals surface area contributed by atoms with Crippen LogP contribution in [0.4, 0.5) is 5.69 Å². The predicted octanol–water partition coefficient (Wildman–Crippen LogP) is 3.69. The van der Waals surface area contributed by atoms with Gasteiger partial charge in [0.1, 0.15) is 5.03 Å². The molecule has 2 rings (SSSR count). The van der Waals surface area contributed by atoms with E-state index in [1.54, 1.807) is 11.8 Å². The number of rotatable bonds is 2. The van der Waals surface area contributed by atoms with E-state index in [1.165, 1.54) is 25.7 Å². The molecule has 0 aromatic carbocycles. The summed E-state index contributed by atoms with van der Waals surface area (Å²) in [5, 5.41) is 1.76. The van der Waals surface area contributed by atoms with Gasteiger partial charge in [-0.05, 0) is 37.3 Å². The lowest BCUT2D eigenvalue weighted by molar-refractivity contribution is 0.394. The van der Waals surface area contributed by atoms with Crippen LogP contribution in [0.25, 0.3) is 0 Å². The van der Waals surface area contributed by atoms with E-state index in [0.717, 1.165) is 16.6 Å². The summed E-state index contributed by atoms with van der Waals surface area (Å²) in [6.07, 6.45) is 5.13. The second-order valence-electron chi connectivity index (χ2n) is 4.81. The Kier molecular flexibility index (Phi) is 4.15. The predicted molar refractivity (Wildman–Crippen MR) is 73.5 cm³/mol. The molecule has 5 heteroatoms. The van der Waals surface area contributed by atoms with E-state index in [9.17, 15) is 0 Å². The molecule has 0 bridgehead atoms. The Morgan fingerprint density at radius 2 is 2.12 bits per heavy atom. The molecule has 0 aliphatic heterocycles. The molecule has 1 aromatic heterocycles. The molecule has 0 saturated heterocycles. The van der Waals surface area contributed by atoms with E-state index in [4.69, 9.17) is 17.3 Å². The molecular weight excluding hydrogens is 254 g/mol. The molecule has 1 aromatic rings. The molecule has 1 saturated carbocycles. The highest BCUT2D eigenvalue weighted by atomic mass is 35.5. The van der Waals surface area contributed by atoms with Crippen LogP contribution in [0.5, 0.6) is 0 Å². The van der Waals surface area contributed by atoms with Crippen LogP contribution < -0.4 is 5.73 Å². The number of nitrogen functional groups attached to an aromatic ring is 1. The van der Waals surface area contributed by atoms with Gasteiger partial charge >= 0.3 is 0 Å². The highest BCUT2D eigenvalue weighted by Gasteiger charge is 2.21. The Bertz CT molecular complexity index is 411. The summed E-state index contributed by atoms with van der Waals surface area (Å²) in [5.74, 6) is 0.806. The van der Waals surface area contributed by atoms with Crippen molar-refractivity contribution in [3.63, 3.8) is 0 Å². The van der Waals surface area contributed by atoms with Crippen molar-refractivity contribution in [2.45, 2.75) is 49.8 Å². The molecule has 0 spiro atoms. The lowest BCUT2D eigenvalue weighted by atomic mass is 9.91. The zero-order valence-corrected chi connectivity index (χ0v) is 11.8. The smallest absolute Gasteiger partial charge is 0.223 e. The molecule has 17 heavy (non-hydrogen) atoms. The molecule has 1 heterocycles. The van der Waals surface area contributed by atoms with Crippen molar-refractivity contribution in [2.75, 3.05) is 5.73 Å². The van der Waals surface area contributed by atoms with Gasteiger partial charge in [0.25, 0.3) is 0 Å². The first-order valence-electron chi connectivity index (χ1n) is 6.02. The van der Waals surface area contributed by atoms with Crippen molar-refractivity contribution in [2.24, 2.45) is 5.92 Å². The molecule has 1 fully saturated rings. The quantitative estimate of drug-likeness (QED) is 0.658. The molecule has 2 atom stereocenters. The number of halogens is 1. The van der Waals surface area contributed by atoms with Crippen molar-refractivity contribution >= 4 is 29.1 Å². The minimum atomic E-state index is 0.294. The Labute approximate surface area is 112 Å². The van der Waals surface area contributed by atoms with E-state index in [2.05, 4.69) is 16.9 Å². The third-order valence-corrected chi connectivity index (χ3v) is 4.71. The van der Waals surface area contributed by atoms with Gasteiger partial charge in [-0.2, -0.15) is 0 Å². The first-order valence-corrected chi connectivity index (χ1v) is 7.28. The lowest BCUT2D eigenvalue weighted by Crippen LogP contribution is -2.15. The summed E-state index contributed by atoms with van der Waals surface area (Å²) >= 11 is 7.64. The fourth-order valence-corrected chi connectivity index (χ4v) is 3.96. The highest BCUT2D eigenvalue weighted by Crippen LogP contribution is 2.38. The Morgan fingerprint density at radius 3 is 2.82 bits per heavy atom. The summed E-state index contributed by atoms with van der Waals surface area (Å²) in [6, 6.07) is 0. The maximum Gasteiger partial charge on any atom is 0.223 e. The maximum atomic E-state index is 6.00. The Balaban J connectivity index is 2.12. The molecule has 2 unspecified atom stereocenters. The fraction of sp³-hybridized carbons (Fsp3) is 0.667. The Hall–Kier alpha value is -0.480. The standard InChI is InChI=1S/C12H18ClN3S/c1-7-4-3-5-9(6-7)17-11-10(14)8(2)15-12(13)16-11/h7,9H,3-6,14H2,1-2H3. The van der Waals surface area contributed by atoms with Crippen LogP contribution in [0.2, 0.25) is 5.28 Å². The number of aromatic nitrogens is 2. The monoisotopic (exact) mass is 271 g/mol. The fourth-order valence-electron chi connectivity index (χ4n) is 2.26. The van der Waals surface area contributed by atoms with E-state index in [-0.39, 0.29) is 0 Å². The molecule has 94 valence electrons. The number of anilines is 1. The minimum absolute atomic E-state index is 0.294. The van der Waals surface area contributed by atoms with Gasteiger partial charge in [-0.3, -0.25) is 0 Å². The lowest BCUT2D eigenvalue weighted by Gasteiger charge is -2.26. The summed E-state index contributed by atoms with van der Waals surface area (Å²) < 4.78 is 0. The maximum absolute atomic E-state index is 6.00. The third kappa shape index (κ3) is 3.26. The van der Waals surface area contributed by atoms with Crippen molar-refractivity contribution in [1.82, 2.24) is 9.97 Å². The number of hydrogen-bond acceptors (Lipinski definition) is 4. The molecule has 2 N–H and O–H groups in total. The van der Waals surface area contributed by atoms with Crippen LogP contribution in [0.3, 0.4) is 0 Å². The van der Waals surface area contributed by atoms with Crippen LogP contribution in [-0.4, -0.2) is 15.2 Å². The van der Waals surface area contributed by atoms with Crippen LogP contribution in [0.15, 0.2) is 5.03 Å². The largest absolute Gasteiger partial charge is 0.395 e. The summed E-state index contributed by atoms with van der Waals surface area (Å²) in [7, 11) is 0. The molecule has 0 amide bonds. The van der Waals surface area contributed by atoms with Gasteiger partial charge in [0.15, 0.2) is 0 Å². The number of aryl methyl sites for hydroxylation is 1. The Morgan fingerprint density at radius 1 is 1.35 bits per heavy atom. The zero-order valence-electron chi connectivity index (χ0n) is 10.2. The summed E-state index contributed by atoms with van der Waals surface area (Å²) in [6.45, 7) is 4.19.